The van der Waals surface area contributed by atoms with E-state index in [1.807, 2.05) is 6.92 Å². The van der Waals surface area contributed by atoms with Crippen molar-refractivity contribution in [2.75, 3.05) is 18.5 Å². The first-order valence-corrected chi connectivity index (χ1v) is 9.42. The Bertz CT molecular complexity index is 1000. The van der Waals surface area contributed by atoms with E-state index in [0.29, 0.717) is 33.6 Å². The number of rotatable bonds is 6. The van der Waals surface area contributed by atoms with E-state index in [-0.39, 0.29) is 18.5 Å². The summed E-state index contributed by atoms with van der Waals surface area (Å²) < 4.78 is 11.2. The molecule has 27 heavy (non-hydrogen) atoms. The van der Waals surface area contributed by atoms with Crippen LogP contribution in [0.5, 0.6) is 5.75 Å². The van der Waals surface area contributed by atoms with E-state index in [1.165, 1.54) is 11.3 Å². The third-order valence-electron chi connectivity index (χ3n) is 3.65. The maximum absolute atomic E-state index is 12.1. The number of anilines is 1. The number of nitrogens with zero attached hydrogens (tertiary/aromatic N) is 1. The predicted octanol–water partition coefficient (Wildman–Crippen LogP) is 4.45. The Morgan fingerprint density at radius 3 is 2.78 bits per heavy atom. The minimum atomic E-state index is -0.384. The van der Waals surface area contributed by atoms with E-state index in [2.05, 4.69) is 10.3 Å². The van der Waals surface area contributed by atoms with Crippen LogP contribution in [-0.4, -0.2) is 30.1 Å². The Hall–Kier alpha value is -2.64. The average Bonchev–Trinajstić information content (AvgIpc) is 3.04. The number of carbonyl (C=O) groups excluding carboxylic acids is 2. The van der Waals surface area contributed by atoms with Gasteiger partial charge in [0.1, 0.15) is 5.75 Å². The topological polar surface area (TPSA) is 77.5 Å². The standard InChI is InChI=1S/C19H17ClN2O4S/c1-3-25-18(24)12-4-7-15-16(9-12)27-19(21-15)22-17(23)10-26-13-5-6-14(20)11(2)8-13/h4-9H,3,10H2,1-2H3,(H,21,22,23). The molecule has 140 valence electrons. The maximum atomic E-state index is 12.1. The number of aromatic nitrogens is 1. The summed E-state index contributed by atoms with van der Waals surface area (Å²) in [5.41, 5.74) is 2.02. The number of nitrogens with one attached hydrogen (secondary N) is 1. The summed E-state index contributed by atoms with van der Waals surface area (Å²) in [5, 5.41) is 3.78. The molecule has 0 saturated carbocycles. The second kappa shape index (κ2) is 8.37. The fourth-order valence-electron chi connectivity index (χ4n) is 2.33. The van der Waals surface area contributed by atoms with Crippen molar-refractivity contribution in [1.29, 1.82) is 0 Å². The molecule has 0 fully saturated rings. The van der Waals surface area contributed by atoms with Gasteiger partial charge < -0.3 is 9.47 Å². The van der Waals surface area contributed by atoms with E-state index >= 15 is 0 Å². The van der Waals surface area contributed by atoms with Gasteiger partial charge in [0, 0.05) is 5.02 Å². The van der Waals surface area contributed by atoms with E-state index < -0.39 is 0 Å². The predicted molar refractivity (Wildman–Crippen MR) is 106 cm³/mol. The summed E-state index contributed by atoms with van der Waals surface area (Å²) in [6, 6.07) is 10.3. The van der Waals surface area contributed by atoms with Crippen LogP contribution in [0, 0.1) is 6.92 Å². The minimum absolute atomic E-state index is 0.148. The Morgan fingerprint density at radius 2 is 2.04 bits per heavy atom. The van der Waals surface area contributed by atoms with Gasteiger partial charge in [-0.15, -0.1) is 0 Å². The van der Waals surface area contributed by atoms with Crippen molar-refractivity contribution >= 4 is 50.2 Å². The smallest absolute Gasteiger partial charge is 0.338 e. The summed E-state index contributed by atoms with van der Waals surface area (Å²) in [4.78, 5) is 28.3. The van der Waals surface area contributed by atoms with Gasteiger partial charge in [0.15, 0.2) is 11.7 Å². The molecule has 0 radical (unpaired) electrons. The Morgan fingerprint density at radius 1 is 1.22 bits per heavy atom. The highest BCUT2D eigenvalue weighted by molar-refractivity contribution is 7.22. The minimum Gasteiger partial charge on any atom is -0.484 e. The van der Waals surface area contributed by atoms with Gasteiger partial charge in [-0.2, -0.15) is 0 Å². The summed E-state index contributed by atoms with van der Waals surface area (Å²) in [6.07, 6.45) is 0. The van der Waals surface area contributed by atoms with Gasteiger partial charge in [0.2, 0.25) is 0 Å². The number of fused-ring (bicyclic) bond motifs is 1. The van der Waals surface area contributed by atoms with E-state index in [1.54, 1.807) is 43.3 Å². The molecule has 0 aliphatic rings. The third kappa shape index (κ3) is 4.75. The summed E-state index contributed by atoms with van der Waals surface area (Å²) in [7, 11) is 0. The van der Waals surface area contributed by atoms with Crippen LogP contribution in [0.25, 0.3) is 10.2 Å². The van der Waals surface area contributed by atoms with Gasteiger partial charge in [0.05, 0.1) is 22.4 Å². The van der Waals surface area contributed by atoms with Crippen molar-refractivity contribution in [2.45, 2.75) is 13.8 Å². The van der Waals surface area contributed by atoms with Crippen LogP contribution in [0.15, 0.2) is 36.4 Å². The molecule has 1 N–H and O–H groups in total. The molecule has 8 heteroatoms. The molecule has 0 atom stereocenters. The molecule has 1 heterocycles. The number of hydrogen-bond acceptors (Lipinski definition) is 6. The molecular formula is C19H17ClN2O4S. The lowest BCUT2D eigenvalue weighted by atomic mass is 10.2. The SMILES string of the molecule is CCOC(=O)c1ccc2nc(NC(=O)COc3ccc(Cl)c(C)c3)sc2c1. The van der Waals surface area contributed by atoms with Crippen LogP contribution in [0.4, 0.5) is 5.13 Å². The highest BCUT2D eigenvalue weighted by Crippen LogP contribution is 2.27. The summed E-state index contributed by atoms with van der Waals surface area (Å²) in [5.74, 6) is -0.146. The van der Waals surface area contributed by atoms with Gasteiger partial charge >= 0.3 is 5.97 Å². The Labute approximate surface area is 165 Å². The molecule has 0 spiro atoms. The van der Waals surface area contributed by atoms with E-state index in [9.17, 15) is 9.59 Å². The monoisotopic (exact) mass is 404 g/mol. The van der Waals surface area contributed by atoms with E-state index in [4.69, 9.17) is 21.1 Å². The van der Waals surface area contributed by atoms with Crippen molar-refractivity contribution in [3.05, 3.63) is 52.5 Å². The third-order valence-corrected chi connectivity index (χ3v) is 5.00. The average molecular weight is 405 g/mol. The molecule has 0 aliphatic heterocycles. The Kier molecular flexibility index (Phi) is 5.93. The van der Waals surface area contributed by atoms with Crippen LogP contribution in [0.3, 0.4) is 0 Å². The van der Waals surface area contributed by atoms with Crippen LogP contribution in [0.1, 0.15) is 22.8 Å². The van der Waals surface area contributed by atoms with Gasteiger partial charge in [-0.25, -0.2) is 9.78 Å². The molecule has 1 aromatic heterocycles. The number of carbonyl (C=O) groups is 2. The van der Waals surface area contributed by atoms with Crippen LogP contribution in [-0.2, 0) is 9.53 Å². The molecule has 3 aromatic rings. The number of aryl methyl sites for hydroxylation is 1. The van der Waals surface area contributed by atoms with Gasteiger partial charge in [-0.05, 0) is 55.8 Å². The summed E-state index contributed by atoms with van der Waals surface area (Å²) in [6.45, 7) is 3.78. The molecule has 1 amide bonds. The second-order valence-electron chi connectivity index (χ2n) is 5.67. The number of benzene rings is 2. The highest BCUT2D eigenvalue weighted by Gasteiger charge is 2.12. The fourth-order valence-corrected chi connectivity index (χ4v) is 3.37. The molecular weight excluding hydrogens is 388 g/mol. The lowest BCUT2D eigenvalue weighted by Gasteiger charge is -2.07. The van der Waals surface area contributed by atoms with Crippen LogP contribution < -0.4 is 10.1 Å². The first kappa shape index (κ1) is 19.1. The lowest BCUT2D eigenvalue weighted by Crippen LogP contribution is -2.20. The Balaban J connectivity index is 1.64. The maximum Gasteiger partial charge on any atom is 0.338 e. The van der Waals surface area contributed by atoms with E-state index in [0.717, 1.165) is 10.3 Å². The second-order valence-corrected chi connectivity index (χ2v) is 7.11. The molecule has 3 rings (SSSR count). The lowest BCUT2D eigenvalue weighted by molar-refractivity contribution is -0.118. The van der Waals surface area contributed by atoms with Crippen LogP contribution >= 0.6 is 22.9 Å². The summed E-state index contributed by atoms with van der Waals surface area (Å²) >= 11 is 7.24. The van der Waals surface area contributed by atoms with Gasteiger partial charge in [0.25, 0.3) is 5.91 Å². The fraction of sp³-hybridized carbons (Fsp3) is 0.211. The number of esters is 1. The zero-order valence-electron chi connectivity index (χ0n) is 14.7. The normalized spacial score (nSPS) is 10.6. The van der Waals surface area contributed by atoms with Crippen molar-refractivity contribution in [3.63, 3.8) is 0 Å². The first-order valence-electron chi connectivity index (χ1n) is 8.23. The zero-order valence-corrected chi connectivity index (χ0v) is 16.3. The molecule has 0 unspecified atom stereocenters. The zero-order chi connectivity index (χ0) is 19.4. The van der Waals surface area contributed by atoms with Crippen molar-refractivity contribution in [1.82, 2.24) is 4.98 Å². The van der Waals surface area contributed by atoms with Gasteiger partial charge in [-0.1, -0.05) is 22.9 Å². The van der Waals surface area contributed by atoms with Crippen molar-refractivity contribution in [2.24, 2.45) is 0 Å². The molecule has 2 aromatic carbocycles. The highest BCUT2D eigenvalue weighted by atomic mass is 35.5. The van der Waals surface area contributed by atoms with Crippen LogP contribution in [0.2, 0.25) is 5.02 Å². The number of thiazole rings is 1. The number of halogens is 1. The molecule has 0 bridgehead atoms. The van der Waals surface area contributed by atoms with Crippen molar-refractivity contribution < 1.29 is 19.1 Å². The quantitative estimate of drug-likeness (QED) is 0.614. The number of amides is 1. The number of ether oxygens (including phenoxy) is 2. The molecule has 0 aliphatic carbocycles. The largest absolute Gasteiger partial charge is 0.484 e. The first-order chi connectivity index (χ1) is 13.0. The van der Waals surface area contributed by atoms with Gasteiger partial charge in [-0.3, -0.25) is 10.1 Å². The number of hydrogen-bond donors (Lipinski definition) is 1. The van der Waals surface area contributed by atoms with Crippen molar-refractivity contribution in [3.8, 4) is 5.75 Å². The molecule has 6 nitrogen and oxygen atoms in total. The molecule has 0 saturated heterocycles.